The molecule has 2 saturated heterocycles. The summed E-state index contributed by atoms with van der Waals surface area (Å²) in [4.78, 5) is 24.8. The number of likely N-dealkylation sites (tertiary alicyclic amines) is 1. The van der Waals surface area contributed by atoms with Crippen LogP contribution in [-0.4, -0.2) is 48.4 Å². The van der Waals surface area contributed by atoms with Crippen LogP contribution in [0, 0.1) is 0 Å². The first-order valence-electron chi connectivity index (χ1n) is 6.45. The average molecular weight is 239 g/mol. The molecule has 5 heteroatoms. The second kappa shape index (κ2) is 5.49. The van der Waals surface area contributed by atoms with Crippen LogP contribution in [0.5, 0.6) is 0 Å². The molecule has 2 N–H and O–H groups in total. The van der Waals surface area contributed by atoms with Gasteiger partial charge in [-0.2, -0.15) is 0 Å². The van der Waals surface area contributed by atoms with Gasteiger partial charge in [-0.1, -0.05) is 0 Å². The van der Waals surface area contributed by atoms with Crippen LogP contribution in [0.1, 0.15) is 32.6 Å². The molecule has 2 unspecified atom stereocenters. The largest absolute Gasteiger partial charge is 0.352 e. The zero-order valence-corrected chi connectivity index (χ0v) is 10.4. The van der Waals surface area contributed by atoms with Gasteiger partial charge < -0.3 is 15.5 Å². The molecule has 2 aliphatic rings. The van der Waals surface area contributed by atoms with E-state index in [1.165, 1.54) is 0 Å². The minimum absolute atomic E-state index is 0.0145. The van der Waals surface area contributed by atoms with Gasteiger partial charge in [0.25, 0.3) is 0 Å². The molecule has 0 bridgehead atoms. The predicted octanol–water partition coefficient (Wildman–Crippen LogP) is -0.134. The fraction of sp³-hybridized carbons (Fsp3) is 0.833. The van der Waals surface area contributed by atoms with E-state index in [0.717, 1.165) is 32.4 Å². The van der Waals surface area contributed by atoms with Gasteiger partial charge in [0.2, 0.25) is 11.8 Å². The molecule has 0 saturated carbocycles. The Labute approximate surface area is 102 Å². The van der Waals surface area contributed by atoms with Crippen molar-refractivity contribution in [3.05, 3.63) is 0 Å². The summed E-state index contributed by atoms with van der Waals surface area (Å²) in [5.41, 5.74) is 0. The van der Waals surface area contributed by atoms with E-state index in [1.807, 2.05) is 0 Å². The monoisotopic (exact) mass is 239 g/mol. The third-order valence-corrected chi connectivity index (χ3v) is 3.49. The second-order valence-electron chi connectivity index (χ2n) is 5.06. The van der Waals surface area contributed by atoms with E-state index in [4.69, 9.17) is 0 Å². The normalized spacial score (nSPS) is 29.5. The highest BCUT2D eigenvalue weighted by Gasteiger charge is 2.24. The Hall–Kier alpha value is -1.10. The molecule has 0 aromatic rings. The molecule has 96 valence electrons. The standard InChI is InChI=1S/C12H21N3O2/c1-9-7-10(4-5-13-9)14-11(16)8-15-6-2-3-12(15)17/h9-10,13H,2-8H2,1H3,(H,14,16). The third kappa shape index (κ3) is 3.43. The highest BCUT2D eigenvalue weighted by Crippen LogP contribution is 2.10. The zero-order chi connectivity index (χ0) is 12.3. The maximum Gasteiger partial charge on any atom is 0.239 e. The summed E-state index contributed by atoms with van der Waals surface area (Å²) >= 11 is 0. The van der Waals surface area contributed by atoms with E-state index in [2.05, 4.69) is 17.6 Å². The third-order valence-electron chi connectivity index (χ3n) is 3.49. The first-order valence-corrected chi connectivity index (χ1v) is 6.45. The zero-order valence-electron chi connectivity index (χ0n) is 10.4. The van der Waals surface area contributed by atoms with Gasteiger partial charge in [-0.25, -0.2) is 0 Å². The number of nitrogens with zero attached hydrogens (tertiary/aromatic N) is 1. The maximum atomic E-state index is 11.8. The summed E-state index contributed by atoms with van der Waals surface area (Å²) in [6.07, 6.45) is 3.43. The van der Waals surface area contributed by atoms with E-state index in [0.29, 0.717) is 12.5 Å². The van der Waals surface area contributed by atoms with Gasteiger partial charge in [0, 0.05) is 25.0 Å². The molecule has 0 aliphatic carbocycles. The van der Waals surface area contributed by atoms with E-state index in [9.17, 15) is 9.59 Å². The molecule has 0 aromatic heterocycles. The number of nitrogens with one attached hydrogen (secondary N) is 2. The summed E-state index contributed by atoms with van der Waals surface area (Å²) in [6, 6.07) is 0.721. The number of rotatable bonds is 3. The van der Waals surface area contributed by atoms with Crippen molar-refractivity contribution in [2.24, 2.45) is 0 Å². The van der Waals surface area contributed by atoms with Crippen LogP contribution in [0.2, 0.25) is 0 Å². The molecule has 2 aliphatic heterocycles. The van der Waals surface area contributed by atoms with Crippen molar-refractivity contribution in [2.75, 3.05) is 19.6 Å². The van der Waals surface area contributed by atoms with E-state index < -0.39 is 0 Å². The molecule has 5 nitrogen and oxygen atoms in total. The van der Waals surface area contributed by atoms with Crippen molar-refractivity contribution in [1.82, 2.24) is 15.5 Å². The van der Waals surface area contributed by atoms with E-state index >= 15 is 0 Å². The van der Waals surface area contributed by atoms with Crippen molar-refractivity contribution >= 4 is 11.8 Å². The van der Waals surface area contributed by atoms with Crippen LogP contribution >= 0.6 is 0 Å². The van der Waals surface area contributed by atoms with Crippen LogP contribution in [0.4, 0.5) is 0 Å². The molecule has 0 spiro atoms. The van der Waals surface area contributed by atoms with Crippen molar-refractivity contribution < 1.29 is 9.59 Å². The van der Waals surface area contributed by atoms with Crippen molar-refractivity contribution in [1.29, 1.82) is 0 Å². The topological polar surface area (TPSA) is 61.4 Å². The van der Waals surface area contributed by atoms with Gasteiger partial charge in [-0.05, 0) is 32.7 Å². The quantitative estimate of drug-likeness (QED) is 0.721. The van der Waals surface area contributed by atoms with E-state index in [1.54, 1.807) is 4.90 Å². The lowest BCUT2D eigenvalue weighted by atomic mass is 10.0. The highest BCUT2D eigenvalue weighted by atomic mass is 16.2. The number of carbonyl (C=O) groups excluding carboxylic acids is 2. The lowest BCUT2D eigenvalue weighted by molar-refractivity contribution is -0.133. The fourth-order valence-corrected chi connectivity index (χ4v) is 2.58. The smallest absolute Gasteiger partial charge is 0.239 e. The number of hydrogen-bond acceptors (Lipinski definition) is 3. The SMILES string of the molecule is CC1CC(NC(=O)CN2CCCC2=O)CCN1. The molecular weight excluding hydrogens is 218 g/mol. The summed E-state index contributed by atoms with van der Waals surface area (Å²) in [6.45, 7) is 4.04. The van der Waals surface area contributed by atoms with Gasteiger partial charge >= 0.3 is 0 Å². The van der Waals surface area contributed by atoms with Crippen molar-refractivity contribution in [3.8, 4) is 0 Å². The maximum absolute atomic E-state index is 11.8. The van der Waals surface area contributed by atoms with Crippen LogP contribution in [0.25, 0.3) is 0 Å². The summed E-state index contributed by atoms with van der Waals surface area (Å²) in [5, 5.41) is 6.37. The summed E-state index contributed by atoms with van der Waals surface area (Å²) < 4.78 is 0. The van der Waals surface area contributed by atoms with E-state index in [-0.39, 0.29) is 24.4 Å². The first kappa shape index (κ1) is 12.4. The Balaban J connectivity index is 1.74. The molecule has 0 radical (unpaired) electrons. The van der Waals surface area contributed by atoms with Crippen LogP contribution in [-0.2, 0) is 9.59 Å². The lowest BCUT2D eigenvalue weighted by Gasteiger charge is -2.29. The van der Waals surface area contributed by atoms with Crippen molar-refractivity contribution in [3.63, 3.8) is 0 Å². The molecular formula is C12H21N3O2. The molecule has 0 aromatic carbocycles. The van der Waals surface area contributed by atoms with Crippen molar-refractivity contribution in [2.45, 2.75) is 44.7 Å². The lowest BCUT2D eigenvalue weighted by Crippen LogP contribution is -2.49. The molecule has 2 rings (SSSR count). The Kier molecular flexibility index (Phi) is 3.99. The molecule has 2 heterocycles. The number of amides is 2. The van der Waals surface area contributed by atoms with Crippen LogP contribution in [0.15, 0.2) is 0 Å². The average Bonchev–Trinajstić information content (AvgIpc) is 2.64. The number of hydrogen-bond donors (Lipinski definition) is 2. The Morgan fingerprint density at radius 2 is 2.41 bits per heavy atom. The summed E-state index contributed by atoms with van der Waals surface area (Å²) in [5.74, 6) is 0.0955. The van der Waals surface area contributed by atoms with Crippen LogP contribution in [0.3, 0.4) is 0 Å². The molecule has 17 heavy (non-hydrogen) atoms. The van der Waals surface area contributed by atoms with Crippen LogP contribution < -0.4 is 10.6 Å². The van der Waals surface area contributed by atoms with Gasteiger partial charge in [-0.15, -0.1) is 0 Å². The minimum atomic E-state index is -0.0145. The van der Waals surface area contributed by atoms with Gasteiger partial charge in [0.15, 0.2) is 0 Å². The van der Waals surface area contributed by atoms with Gasteiger partial charge in [0.1, 0.15) is 0 Å². The molecule has 2 fully saturated rings. The van der Waals surface area contributed by atoms with Gasteiger partial charge in [0.05, 0.1) is 6.54 Å². The molecule has 2 atom stereocenters. The Morgan fingerprint density at radius 3 is 3.06 bits per heavy atom. The Bertz CT molecular complexity index is 306. The summed E-state index contributed by atoms with van der Waals surface area (Å²) in [7, 11) is 0. The molecule has 2 amide bonds. The predicted molar refractivity (Wildman–Crippen MR) is 64.4 cm³/mol. The van der Waals surface area contributed by atoms with Gasteiger partial charge in [-0.3, -0.25) is 9.59 Å². The fourth-order valence-electron chi connectivity index (χ4n) is 2.58. The second-order valence-corrected chi connectivity index (χ2v) is 5.06. The number of carbonyl (C=O) groups is 2. The minimum Gasteiger partial charge on any atom is -0.352 e. The first-order chi connectivity index (χ1) is 8.15. The highest BCUT2D eigenvalue weighted by molar-refractivity contribution is 5.85. The Morgan fingerprint density at radius 1 is 1.59 bits per heavy atom. The number of piperidine rings is 1.